The van der Waals surface area contributed by atoms with Gasteiger partial charge in [0.2, 0.25) is 0 Å². The molecule has 3 N–H and O–H groups in total. The summed E-state index contributed by atoms with van der Waals surface area (Å²) in [5.74, 6) is 0. The highest BCUT2D eigenvalue weighted by Gasteiger charge is 2.24. The van der Waals surface area contributed by atoms with Crippen LogP contribution < -0.4 is 10.6 Å². The van der Waals surface area contributed by atoms with Crippen molar-refractivity contribution in [2.24, 2.45) is 5.73 Å². The molecule has 1 saturated heterocycles. The van der Waals surface area contributed by atoms with Gasteiger partial charge in [-0.1, -0.05) is 11.6 Å². The molecule has 3 rings (SSSR count). The first-order valence-electron chi connectivity index (χ1n) is 7.33. The molecule has 5 heteroatoms. The van der Waals surface area contributed by atoms with Crippen molar-refractivity contribution in [3.63, 3.8) is 0 Å². The fraction of sp³-hybridized carbons (Fsp3) is 0.438. The summed E-state index contributed by atoms with van der Waals surface area (Å²) in [6.45, 7) is 3.47. The van der Waals surface area contributed by atoms with Crippen LogP contribution in [0.2, 0.25) is 5.02 Å². The molecule has 2 aromatic rings. The molecule has 1 aliphatic heterocycles. The summed E-state index contributed by atoms with van der Waals surface area (Å²) in [6, 6.07) is 5.66. The van der Waals surface area contributed by atoms with Gasteiger partial charge in [-0.3, -0.25) is 4.98 Å². The van der Waals surface area contributed by atoms with Crippen molar-refractivity contribution in [2.45, 2.75) is 31.9 Å². The number of piperidine rings is 1. The van der Waals surface area contributed by atoms with E-state index in [4.69, 9.17) is 17.3 Å². The van der Waals surface area contributed by atoms with E-state index >= 15 is 0 Å². The van der Waals surface area contributed by atoms with Crippen LogP contribution in [0.25, 0.3) is 10.9 Å². The normalized spacial score (nSPS) is 20.8. The quantitative estimate of drug-likeness (QED) is 0.895. The molecule has 0 spiro atoms. The Morgan fingerprint density at radius 2 is 2.33 bits per heavy atom. The van der Waals surface area contributed by atoms with Crippen molar-refractivity contribution in [3.8, 4) is 0 Å². The minimum absolute atomic E-state index is 0.136. The first kappa shape index (κ1) is 14.6. The predicted molar refractivity (Wildman–Crippen MR) is 86.8 cm³/mol. The van der Waals surface area contributed by atoms with Gasteiger partial charge in [-0.2, -0.15) is 0 Å². The van der Waals surface area contributed by atoms with Crippen molar-refractivity contribution in [3.05, 3.63) is 35.0 Å². The van der Waals surface area contributed by atoms with E-state index in [0.717, 1.165) is 41.5 Å². The summed E-state index contributed by atoms with van der Waals surface area (Å²) in [5, 5.41) is 11.6. The fourth-order valence-electron chi connectivity index (χ4n) is 3.04. The van der Waals surface area contributed by atoms with Crippen LogP contribution in [0.3, 0.4) is 0 Å². The van der Waals surface area contributed by atoms with Gasteiger partial charge in [-0.25, -0.2) is 0 Å². The number of benzene rings is 1. The summed E-state index contributed by atoms with van der Waals surface area (Å²) >= 11 is 6.38. The molecule has 1 aromatic heterocycles. The molecule has 112 valence electrons. The largest absolute Gasteiger partial charge is 0.391 e. The monoisotopic (exact) mass is 305 g/mol. The number of β-amino-alcohol motifs (C(OH)–C–C–N with tert-alkyl or cyclic N) is 1. The number of nitrogens with zero attached hydrogens (tertiary/aromatic N) is 2. The van der Waals surface area contributed by atoms with Crippen LogP contribution in [0.5, 0.6) is 0 Å². The molecule has 2 atom stereocenters. The number of hydrogen-bond acceptors (Lipinski definition) is 4. The van der Waals surface area contributed by atoms with E-state index in [9.17, 15) is 5.11 Å². The zero-order valence-corrected chi connectivity index (χ0v) is 12.8. The number of pyridine rings is 1. The van der Waals surface area contributed by atoms with E-state index in [2.05, 4.69) is 9.88 Å². The fourth-order valence-corrected chi connectivity index (χ4v) is 3.31. The lowest BCUT2D eigenvalue weighted by Gasteiger charge is -2.34. The van der Waals surface area contributed by atoms with Crippen LogP contribution >= 0.6 is 11.6 Å². The Labute approximate surface area is 129 Å². The van der Waals surface area contributed by atoms with E-state index in [1.165, 1.54) is 0 Å². The number of fused-ring (bicyclic) bond motifs is 1. The van der Waals surface area contributed by atoms with E-state index in [0.29, 0.717) is 11.6 Å². The summed E-state index contributed by atoms with van der Waals surface area (Å²) in [6.07, 6.45) is 3.29. The van der Waals surface area contributed by atoms with Gasteiger partial charge in [-0.15, -0.1) is 0 Å². The summed E-state index contributed by atoms with van der Waals surface area (Å²) in [4.78, 5) is 6.71. The number of halogens is 1. The first-order valence-corrected chi connectivity index (χ1v) is 7.71. The smallest absolute Gasteiger partial charge is 0.0953 e. The second kappa shape index (κ2) is 5.79. The standard InChI is InChI=1S/C16H20ClN3O/c1-10(18)13-8-14(17)12-5-2-6-19-15(12)16(13)20-7-3-4-11(21)9-20/h2,5-6,8,10-11,21H,3-4,7,9,18H2,1H3/t10?,11-/m0/s1. The van der Waals surface area contributed by atoms with Crippen LogP contribution in [-0.2, 0) is 0 Å². The number of rotatable bonds is 2. The van der Waals surface area contributed by atoms with Gasteiger partial charge >= 0.3 is 0 Å². The Morgan fingerprint density at radius 1 is 1.52 bits per heavy atom. The molecule has 4 nitrogen and oxygen atoms in total. The van der Waals surface area contributed by atoms with Crippen LogP contribution in [-0.4, -0.2) is 29.3 Å². The zero-order chi connectivity index (χ0) is 15.0. The second-order valence-electron chi connectivity index (χ2n) is 5.73. The third-order valence-electron chi connectivity index (χ3n) is 4.05. The Balaban J connectivity index is 2.22. The highest BCUT2D eigenvalue weighted by atomic mass is 35.5. The Morgan fingerprint density at radius 3 is 3.05 bits per heavy atom. The van der Waals surface area contributed by atoms with Crippen LogP contribution in [0.1, 0.15) is 31.4 Å². The molecule has 0 aliphatic carbocycles. The molecule has 1 aliphatic rings. The summed E-state index contributed by atoms with van der Waals surface area (Å²) in [5.41, 5.74) is 9.01. The Bertz CT molecular complexity index is 659. The molecule has 21 heavy (non-hydrogen) atoms. The first-order chi connectivity index (χ1) is 10.1. The highest BCUT2D eigenvalue weighted by Crippen LogP contribution is 2.38. The maximum absolute atomic E-state index is 9.98. The van der Waals surface area contributed by atoms with Gasteiger partial charge in [0, 0.05) is 30.7 Å². The van der Waals surface area contributed by atoms with Crippen molar-refractivity contribution in [1.82, 2.24) is 4.98 Å². The van der Waals surface area contributed by atoms with Gasteiger partial charge in [0.25, 0.3) is 0 Å². The lowest BCUT2D eigenvalue weighted by Crippen LogP contribution is -2.39. The van der Waals surface area contributed by atoms with E-state index in [1.54, 1.807) is 6.20 Å². The number of nitrogens with two attached hydrogens (primary N) is 1. The molecular formula is C16H20ClN3O. The molecular weight excluding hydrogens is 286 g/mol. The topological polar surface area (TPSA) is 62.4 Å². The molecule has 1 fully saturated rings. The zero-order valence-electron chi connectivity index (χ0n) is 12.1. The van der Waals surface area contributed by atoms with Crippen LogP contribution in [0, 0.1) is 0 Å². The Kier molecular flexibility index (Phi) is 4.02. The van der Waals surface area contributed by atoms with E-state index in [1.807, 2.05) is 25.1 Å². The van der Waals surface area contributed by atoms with Crippen LogP contribution in [0.15, 0.2) is 24.4 Å². The summed E-state index contributed by atoms with van der Waals surface area (Å²) in [7, 11) is 0. The minimum Gasteiger partial charge on any atom is -0.391 e. The number of aromatic nitrogens is 1. The van der Waals surface area contributed by atoms with E-state index in [-0.39, 0.29) is 12.1 Å². The molecule has 0 bridgehead atoms. The maximum Gasteiger partial charge on any atom is 0.0953 e. The minimum atomic E-state index is -0.297. The molecule has 0 amide bonds. The van der Waals surface area contributed by atoms with Crippen LogP contribution in [0.4, 0.5) is 5.69 Å². The van der Waals surface area contributed by atoms with Crippen molar-refractivity contribution < 1.29 is 5.11 Å². The summed E-state index contributed by atoms with van der Waals surface area (Å²) < 4.78 is 0. The maximum atomic E-state index is 9.98. The number of aliphatic hydroxyl groups excluding tert-OH is 1. The number of anilines is 1. The number of hydrogen-bond donors (Lipinski definition) is 2. The highest BCUT2D eigenvalue weighted by molar-refractivity contribution is 6.36. The SMILES string of the molecule is CC(N)c1cc(Cl)c2cccnc2c1N1CCC[C@H](O)C1. The molecule has 0 saturated carbocycles. The van der Waals surface area contributed by atoms with Crippen molar-refractivity contribution in [1.29, 1.82) is 0 Å². The second-order valence-corrected chi connectivity index (χ2v) is 6.13. The van der Waals surface area contributed by atoms with Gasteiger partial charge in [0.15, 0.2) is 0 Å². The van der Waals surface area contributed by atoms with Gasteiger partial charge in [-0.05, 0) is 43.5 Å². The van der Waals surface area contributed by atoms with Crippen molar-refractivity contribution in [2.75, 3.05) is 18.0 Å². The third-order valence-corrected chi connectivity index (χ3v) is 4.36. The average Bonchev–Trinajstić information content (AvgIpc) is 2.47. The lowest BCUT2D eigenvalue weighted by atomic mass is 9.99. The number of aliphatic hydroxyl groups is 1. The van der Waals surface area contributed by atoms with E-state index < -0.39 is 0 Å². The predicted octanol–water partition coefficient (Wildman–Crippen LogP) is 2.87. The third kappa shape index (κ3) is 2.71. The van der Waals surface area contributed by atoms with Gasteiger partial charge in [0.05, 0.1) is 22.3 Å². The van der Waals surface area contributed by atoms with Gasteiger partial charge < -0.3 is 15.7 Å². The van der Waals surface area contributed by atoms with Gasteiger partial charge in [0.1, 0.15) is 0 Å². The average molecular weight is 306 g/mol. The van der Waals surface area contributed by atoms with Crippen molar-refractivity contribution >= 4 is 28.2 Å². The molecule has 1 unspecified atom stereocenters. The lowest BCUT2D eigenvalue weighted by molar-refractivity contribution is 0.154. The molecule has 0 radical (unpaired) electrons. The molecule has 2 heterocycles. The Hall–Kier alpha value is -1.36. The molecule has 1 aromatic carbocycles.